The molecule has 1 aliphatic rings. The number of aromatic amines is 1. The molecule has 112 valence electrons. The van der Waals surface area contributed by atoms with Gasteiger partial charge in [0.15, 0.2) is 11.5 Å². The number of nitrogens with zero attached hydrogens (tertiary/aromatic N) is 6. The molecule has 0 spiro atoms. The fourth-order valence-electron chi connectivity index (χ4n) is 3.08. The molecule has 1 aromatic carbocycles. The Morgan fingerprint density at radius 1 is 1.00 bits per heavy atom. The van der Waals surface area contributed by atoms with Gasteiger partial charge in [0.25, 0.3) is 0 Å². The standard InChI is InChI=1S/C16H13N7/c1-2-4-12(5-3-1)23-13-8-22(7-11(13)6-21-23)16-14-15(18-9-17-14)19-10-20-16/h1-6,9-10H,7-8H2,(H,17,18,19,20). The number of hydrogen-bond acceptors (Lipinski definition) is 5. The van der Waals surface area contributed by atoms with Crippen molar-refractivity contribution in [2.24, 2.45) is 0 Å². The normalized spacial score (nSPS) is 13.7. The zero-order valence-corrected chi connectivity index (χ0v) is 12.2. The molecule has 23 heavy (non-hydrogen) atoms. The van der Waals surface area contributed by atoms with Crippen LogP contribution in [0, 0.1) is 0 Å². The fraction of sp³-hybridized carbons (Fsp3) is 0.125. The summed E-state index contributed by atoms with van der Waals surface area (Å²) < 4.78 is 2.00. The number of anilines is 1. The molecular formula is C16H13N7. The Bertz CT molecular complexity index is 986. The molecule has 3 aromatic heterocycles. The lowest BCUT2D eigenvalue weighted by atomic mass is 10.3. The van der Waals surface area contributed by atoms with Crippen LogP contribution in [0.3, 0.4) is 0 Å². The van der Waals surface area contributed by atoms with Gasteiger partial charge in [0.1, 0.15) is 11.8 Å². The van der Waals surface area contributed by atoms with E-state index in [2.05, 4.69) is 42.1 Å². The van der Waals surface area contributed by atoms with Crippen molar-refractivity contribution in [3.05, 3.63) is 60.4 Å². The lowest BCUT2D eigenvalue weighted by molar-refractivity contribution is 0.770. The molecule has 7 nitrogen and oxygen atoms in total. The van der Waals surface area contributed by atoms with E-state index in [1.165, 1.54) is 11.3 Å². The van der Waals surface area contributed by atoms with E-state index in [1.54, 1.807) is 12.7 Å². The number of H-pyrrole nitrogens is 1. The monoisotopic (exact) mass is 303 g/mol. The smallest absolute Gasteiger partial charge is 0.182 e. The molecular weight excluding hydrogens is 290 g/mol. The Hall–Kier alpha value is -3.22. The summed E-state index contributed by atoms with van der Waals surface area (Å²) in [5.74, 6) is 0.878. The topological polar surface area (TPSA) is 75.5 Å². The zero-order chi connectivity index (χ0) is 15.2. The minimum absolute atomic E-state index is 0.690. The van der Waals surface area contributed by atoms with Crippen LogP contribution in [0.15, 0.2) is 49.2 Å². The van der Waals surface area contributed by atoms with Gasteiger partial charge >= 0.3 is 0 Å². The van der Waals surface area contributed by atoms with Gasteiger partial charge in [-0.15, -0.1) is 0 Å². The average Bonchev–Trinajstić information content (AvgIpc) is 3.30. The van der Waals surface area contributed by atoms with Gasteiger partial charge in [-0.1, -0.05) is 18.2 Å². The molecule has 0 saturated heterocycles. The quantitative estimate of drug-likeness (QED) is 0.613. The van der Waals surface area contributed by atoms with Crippen LogP contribution in [0.1, 0.15) is 11.3 Å². The van der Waals surface area contributed by atoms with E-state index >= 15 is 0 Å². The lowest BCUT2D eigenvalue weighted by Crippen LogP contribution is -2.18. The van der Waals surface area contributed by atoms with Crippen LogP contribution in [-0.4, -0.2) is 29.7 Å². The van der Waals surface area contributed by atoms with Crippen molar-refractivity contribution in [2.75, 3.05) is 4.90 Å². The van der Waals surface area contributed by atoms with Gasteiger partial charge in [-0.3, -0.25) is 0 Å². The Balaban J connectivity index is 1.55. The molecule has 4 aromatic rings. The van der Waals surface area contributed by atoms with Crippen LogP contribution in [-0.2, 0) is 13.1 Å². The summed E-state index contributed by atoms with van der Waals surface area (Å²) >= 11 is 0. The number of nitrogens with one attached hydrogen (secondary N) is 1. The highest BCUT2D eigenvalue weighted by atomic mass is 15.3. The molecule has 0 bridgehead atoms. The summed E-state index contributed by atoms with van der Waals surface area (Å²) in [4.78, 5) is 18.2. The van der Waals surface area contributed by atoms with Gasteiger partial charge in [-0.25, -0.2) is 19.6 Å². The number of aromatic nitrogens is 6. The maximum Gasteiger partial charge on any atom is 0.182 e. The highest BCUT2D eigenvalue weighted by Crippen LogP contribution is 2.30. The summed E-state index contributed by atoms with van der Waals surface area (Å²) in [5.41, 5.74) is 5.06. The molecule has 0 fully saturated rings. The van der Waals surface area contributed by atoms with E-state index in [0.29, 0.717) is 5.65 Å². The molecule has 0 unspecified atom stereocenters. The Kier molecular flexibility index (Phi) is 2.49. The van der Waals surface area contributed by atoms with E-state index in [-0.39, 0.29) is 0 Å². The summed E-state index contributed by atoms with van der Waals surface area (Å²) in [6.45, 7) is 1.54. The van der Waals surface area contributed by atoms with E-state index < -0.39 is 0 Å². The lowest BCUT2D eigenvalue weighted by Gasteiger charge is -2.17. The maximum absolute atomic E-state index is 4.53. The molecule has 4 heterocycles. The van der Waals surface area contributed by atoms with Crippen molar-refractivity contribution >= 4 is 17.0 Å². The van der Waals surface area contributed by atoms with E-state index in [1.807, 2.05) is 29.1 Å². The maximum atomic E-state index is 4.53. The average molecular weight is 303 g/mol. The molecule has 0 amide bonds. The van der Waals surface area contributed by atoms with E-state index in [0.717, 1.165) is 30.1 Å². The van der Waals surface area contributed by atoms with Crippen LogP contribution in [0.4, 0.5) is 5.82 Å². The van der Waals surface area contributed by atoms with Crippen molar-refractivity contribution in [3.8, 4) is 5.69 Å². The highest BCUT2D eigenvalue weighted by molar-refractivity contribution is 5.82. The predicted molar refractivity (Wildman–Crippen MR) is 85.1 cm³/mol. The minimum atomic E-state index is 0.690. The van der Waals surface area contributed by atoms with Crippen molar-refractivity contribution in [2.45, 2.75) is 13.1 Å². The Morgan fingerprint density at radius 2 is 1.91 bits per heavy atom. The predicted octanol–water partition coefficient (Wildman–Crippen LogP) is 2.06. The van der Waals surface area contributed by atoms with Crippen LogP contribution in [0.5, 0.6) is 0 Å². The minimum Gasteiger partial charge on any atom is -0.344 e. The third-order valence-corrected chi connectivity index (χ3v) is 4.16. The third kappa shape index (κ3) is 1.83. The molecule has 5 rings (SSSR count). The summed E-state index contributed by atoms with van der Waals surface area (Å²) in [6.07, 6.45) is 5.15. The fourth-order valence-corrected chi connectivity index (χ4v) is 3.08. The largest absolute Gasteiger partial charge is 0.344 e. The van der Waals surface area contributed by atoms with Crippen molar-refractivity contribution in [1.29, 1.82) is 0 Å². The van der Waals surface area contributed by atoms with Gasteiger partial charge < -0.3 is 9.88 Å². The first kappa shape index (κ1) is 12.3. The first-order valence-electron chi connectivity index (χ1n) is 7.40. The molecule has 0 radical (unpaired) electrons. The second-order valence-corrected chi connectivity index (χ2v) is 5.52. The van der Waals surface area contributed by atoms with Crippen LogP contribution in [0.25, 0.3) is 16.9 Å². The summed E-state index contributed by atoms with van der Waals surface area (Å²) in [6, 6.07) is 10.2. The molecule has 1 N–H and O–H groups in total. The molecule has 0 atom stereocenters. The molecule has 0 saturated carbocycles. The number of benzene rings is 1. The first-order chi connectivity index (χ1) is 11.4. The zero-order valence-electron chi connectivity index (χ0n) is 12.2. The van der Waals surface area contributed by atoms with Crippen molar-refractivity contribution in [3.63, 3.8) is 0 Å². The van der Waals surface area contributed by atoms with Gasteiger partial charge in [-0.05, 0) is 12.1 Å². The number of para-hydroxylation sites is 1. The van der Waals surface area contributed by atoms with Crippen LogP contribution in [0.2, 0.25) is 0 Å². The number of hydrogen-bond donors (Lipinski definition) is 1. The number of fused-ring (bicyclic) bond motifs is 2. The summed E-state index contributed by atoms with van der Waals surface area (Å²) in [7, 11) is 0. The second-order valence-electron chi connectivity index (χ2n) is 5.52. The number of imidazole rings is 1. The summed E-state index contributed by atoms with van der Waals surface area (Å²) in [5, 5.41) is 4.53. The second kappa shape index (κ2) is 4.64. The van der Waals surface area contributed by atoms with Gasteiger partial charge in [0.2, 0.25) is 0 Å². The number of rotatable bonds is 2. The SMILES string of the molecule is c1ccc(-n2ncc3c2CN(c2ncnc4nc[nH]c24)C3)cc1. The molecule has 7 heteroatoms. The Labute approximate surface area is 131 Å². The molecule has 1 aliphatic heterocycles. The van der Waals surface area contributed by atoms with Gasteiger partial charge in [-0.2, -0.15) is 5.10 Å². The van der Waals surface area contributed by atoms with Gasteiger partial charge in [0, 0.05) is 12.1 Å². The highest BCUT2D eigenvalue weighted by Gasteiger charge is 2.26. The Morgan fingerprint density at radius 3 is 2.83 bits per heavy atom. The van der Waals surface area contributed by atoms with Crippen LogP contribution >= 0.6 is 0 Å². The van der Waals surface area contributed by atoms with E-state index in [9.17, 15) is 0 Å². The third-order valence-electron chi connectivity index (χ3n) is 4.16. The molecule has 0 aliphatic carbocycles. The van der Waals surface area contributed by atoms with Crippen molar-refractivity contribution in [1.82, 2.24) is 29.7 Å². The first-order valence-corrected chi connectivity index (χ1v) is 7.40. The van der Waals surface area contributed by atoms with E-state index in [4.69, 9.17) is 0 Å². The van der Waals surface area contributed by atoms with Crippen molar-refractivity contribution < 1.29 is 0 Å². The van der Waals surface area contributed by atoms with Crippen LogP contribution < -0.4 is 4.90 Å². The van der Waals surface area contributed by atoms with Gasteiger partial charge in [0.05, 0.1) is 30.5 Å².